The summed E-state index contributed by atoms with van der Waals surface area (Å²) in [6.07, 6.45) is -2.66. The van der Waals surface area contributed by atoms with Gasteiger partial charge in [0.2, 0.25) is 0 Å². The van der Waals surface area contributed by atoms with Crippen molar-refractivity contribution in [1.29, 1.82) is 0 Å². The Morgan fingerprint density at radius 1 is 1.05 bits per heavy atom. The van der Waals surface area contributed by atoms with E-state index in [2.05, 4.69) is 30.7 Å². The van der Waals surface area contributed by atoms with E-state index < -0.39 is 6.43 Å². The van der Waals surface area contributed by atoms with Gasteiger partial charge >= 0.3 is 0 Å². The number of nitrogen functional groups attached to an aromatic ring is 1. The summed E-state index contributed by atoms with van der Waals surface area (Å²) in [5, 5.41) is 0. The SMILES string of the molecule is Cc1c(N)nc(-c2ccc(C(C)(C)C)cc2)nc1C(F)F. The molecule has 5 heteroatoms. The largest absolute Gasteiger partial charge is 0.383 e. The van der Waals surface area contributed by atoms with Crippen LogP contribution in [-0.2, 0) is 5.41 Å². The van der Waals surface area contributed by atoms with E-state index in [9.17, 15) is 8.78 Å². The van der Waals surface area contributed by atoms with Crippen molar-refractivity contribution in [2.75, 3.05) is 5.73 Å². The first-order valence-electron chi connectivity index (χ1n) is 6.73. The molecule has 1 aromatic heterocycles. The first kappa shape index (κ1) is 15.4. The summed E-state index contributed by atoms with van der Waals surface area (Å²) in [6, 6.07) is 7.58. The van der Waals surface area contributed by atoms with Crippen LogP contribution in [0.4, 0.5) is 14.6 Å². The van der Waals surface area contributed by atoms with Crippen LogP contribution < -0.4 is 5.73 Å². The summed E-state index contributed by atoms with van der Waals surface area (Å²) < 4.78 is 26.0. The quantitative estimate of drug-likeness (QED) is 0.899. The molecule has 1 aromatic carbocycles. The summed E-state index contributed by atoms with van der Waals surface area (Å²) in [4.78, 5) is 8.06. The van der Waals surface area contributed by atoms with Crippen molar-refractivity contribution in [2.45, 2.75) is 39.5 Å². The lowest BCUT2D eigenvalue weighted by atomic mass is 9.86. The lowest BCUT2D eigenvalue weighted by Gasteiger charge is -2.19. The smallest absolute Gasteiger partial charge is 0.280 e. The molecule has 0 fully saturated rings. The Labute approximate surface area is 123 Å². The maximum atomic E-state index is 13.0. The number of alkyl halides is 2. The molecule has 0 radical (unpaired) electrons. The van der Waals surface area contributed by atoms with Crippen molar-refractivity contribution in [1.82, 2.24) is 9.97 Å². The third-order valence-electron chi connectivity index (χ3n) is 3.44. The zero-order valence-electron chi connectivity index (χ0n) is 12.6. The fourth-order valence-corrected chi connectivity index (χ4v) is 2.01. The highest BCUT2D eigenvalue weighted by Gasteiger charge is 2.18. The van der Waals surface area contributed by atoms with Gasteiger partial charge in [-0.05, 0) is 17.9 Å². The maximum Gasteiger partial charge on any atom is 0.280 e. The van der Waals surface area contributed by atoms with Crippen LogP contribution >= 0.6 is 0 Å². The summed E-state index contributed by atoms with van der Waals surface area (Å²) in [6.45, 7) is 7.83. The number of nitrogens with zero attached hydrogens (tertiary/aromatic N) is 2. The van der Waals surface area contributed by atoms with Crippen LogP contribution in [0.5, 0.6) is 0 Å². The van der Waals surface area contributed by atoms with Crippen LogP contribution in [-0.4, -0.2) is 9.97 Å². The molecule has 2 N–H and O–H groups in total. The van der Waals surface area contributed by atoms with Gasteiger partial charge in [-0.2, -0.15) is 0 Å². The molecule has 0 spiro atoms. The Morgan fingerprint density at radius 3 is 2.10 bits per heavy atom. The minimum Gasteiger partial charge on any atom is -0.383 e. The third-order valence-corrected chi connectivity index (χ3v) is 3.44. The van der Waals surface area contributed by atoms with Gasteiger partial charge in [-0.25, -0.2) is 18.7 Å². The molecule has 0 aliphatic carbocycles. The standard InChI is InChI=1S/C16H19F2N3/c1-9-12(13(17)18)20-15(21-14(9)19)10-5-7-11(8-6-10)16(2,3)4/h5-8,13H,1-4H3,(H2,19,20,21). The average Bonchev–Trinajstić information content (AvgIpc) is 2.40. The third kappa shape index (κ3) is 3.17. The summed E-state index contributed by atoms with van der Waals surface area (Å²) >= 11 is 0. The number of nitrogens with two attached hydrogens (primary N) is 1. The lowest BCUT2D eigenvalue weighted by molar-refractivity contribution is 0.145. The molecule has 21 heavy (non-hydrogen) atoms. The topological polar surface area (TPSA) is 51.8 Å². The van der Waals surface area contributed by atoms with Crippen molar-refractivity contribution in [2.24, 2.45) is 0 Å². The molecule has 0 atom stereocenters. The molecule has 0 bridgehead atoms. The molecule has 0 saturated heterocycles. The van der Waals surface area contributed by atoms with E-state index in [-0.39, 0.29) is 28.3 Å². The molecule has 2 aromatic rings. The number of aromatic nitrogens is 2. The minimum atomic E-state index is -2.66. The van der Waals surface area contributed by atoms with Gasteiger partial charge in [-0.15, -0.1) is 0 Å². The highest BCUT2D eigenvalue weighted by atomic mass is 19.3. The molecular formula is C16H19F2N3. The van der Waals surface area contributed by atoms with Crippen molar-refractivity contribution in [3.8, 4) is 11.4 Å². The molecule has 0 unspecified atom stereocenters. The lowest BCUT2D eigenvalue weighted by Crippen LogP contribution is -2.10. The van der Waals surface area contributed by atoms with E-state index in [1.807, 2.05) is 24.3 Å². The maximum absolute atomic E-state index is 13.0. The van der Waals surface area contributed by atoms with E-state index in [1.54, 1.807) is 0 Å². The van der Waals surface area contributed by atoms with Crippen LogP contribution in [0.15, 0.2) is 24.3 Å². The van der Waals surface area contributed by atoms with E-state index in [1.165, 1.54) is 6.92 Å². The number of halogens is 2. The van der Waals surface area contributed by atoms with E-state index in [0.29, 0.717) is 5.56 Å². The van der Waals surface area contributed by atoms with Gasteiger partial charge in [0.1, 0.15) is 11.5 Å². The Bertz CT molecular complexity index is 644. The van der Waals surface area contributed by atoms with Crippen LogP contribution in [0.1, 0.15) is 44.0 Å². The number of benzene rings is 1. The first-order valence-corrected chi connectivity index (χ1v) is 6.73. The summed E-state index contributed by atoms with van der Waals surface area (Å²) in [5.74, 6) is 0.323. The highest BCUT2D eigenvalue weighted by molar-refractivity contribution is 5.59. The van der Waals surface area contributed by atoms with Gasteiger partial charge in [-0.1, -0.05) is 45.0 Å². The second kappa shape index (κ2) is 5.39. The van der Waals surface area contributed by atoms with Gasteiger partial charge in [0, 0.05) is 11.1 Å². The number of hydrogen-bond acceptors (Lipinski definition) is 3. The van der Waals surface area contributed by atoms with Crippen LogP contribution in [0.2, 0.25) is 0 Å². The predicted molar refractivity (Wildman–Crippen MR) is 80.3 cm³/mol. The van der Waals surface area contributed by atoms with Gasteiger partial charge in [0.25, 0.3) is 6.43 Å². The number of hydrogen-bond donors (Lipinski definition) is 1. The Morgan fingerprint density at radius 2 is 1.62 bits per heavy atom. The molecule has 0 aliphatic rings. The molecule has 112 valence electrons. The number of rotatable bonds is 2. The second-order valence-corrected chi connectivity index (χ2v) is 6.07. The fourth-order valence-electron chi connectivity index (χ4n) is 2.01. The minimum absolute atomic E-state index is 0.0276. The average molecular weight is 291 g/mol. The zero-order valence-corrected chi connectivity index (χ0v) is 12.6. The fraction of sp³-hybridized carbons (Fsp3) is 0.375. The van der Waals surface area contributed by atoms with Gasteiger partial charge in [-0.3, -0.25) is 0 Å². The van der Waals surface area contributed by atoms with Gasteiger partial charge in [0.15, 0.2) is 5.82 Å². The van der Waals surface area contributed by atoms with Gasteiger partial charge < -0.3 is 5.73 Å². The van der Waals surface area contributed by atoms with Crippen LogP contribution in [0.3, 0.4) is 0 Å². The van der Waals surface area contributed by atoms with Crippen LogP contribution in [0, 0.1) is 6.92 Å². The van der Waals surface area contributed by atoms with E-state index >= 15 is 0 Å². The molecule has 0 aliphatic heterocycles. The van der Waals surface area contributed by atoms with E-state index in [4.69, 9.17) is 5.73 Å². The van der Waals surface area contributed by atoms with Crippen LogP contribution in [0.25, 0.3) is 11.4 Å². The monoisotopic (exact) mass is 291 g/mol. The summed E-state index contributed by atoms with van der Waals surface area (Å²) in [7, 11) is 0. The van der Waals surface area contributed by atoms with Crippen molar-refractivity contribution < 1.29 is 8.78 Å². The van der Waals surface area contributed by atoms with Gasteiger partial charge in [0.05, 0.1) is 0 Å². The normalized spacial score (nSPS) is 12.0. The van der Waals surface area contributed by atoms with Crippen molar-refractivity contribution >= 4 is 5.82 Å². The molecular weight excluding hydrogens is 272 g/mol. The number of anilines is 1. The first-order chi connectivity index (χ1) is 9.70. The molecule has 3 nitrogen and oxygen atoms in total. The molecule has 0 saturated carbocycles. The zero-order chi connectivity index (χ0) is 15.8. The van der Waals surface area contributed by atoms with Crippen molar-refractivity contribution in [3.63, 3.8) is 0 Å². The highest BCUT2D eigenvalue weighted by Crippen LogP contribution is 2.28. The predicted octanol–water partition coefficient (Wildman–Crippen LogP) is 4.27. The molecule has 0 amide bonds. The molecule has 2 rings (SSSR count). The Balaban J connectivity index is 2.47. The Hall–Kier alpha value is -2.04. The Kier molecular flexibility index (Phi) is 3.94. The summed E-state index contributed by atoms with van der Waals surface area (Å²) in [5.41, 5.74) is 7.50. The molecule has 1 heterocycles. The van der Waals surface area contributed by atoms with E-state index in [0.717, 1.165) is 5.56 Å². The second-order valence-electron chi connectivity index (χ2n) is 6.07. The van der Waals surface area contributed by atoms with Crippen molar-refractivity contribution in [3.05, 3.63) is 41.1 Å².